The molecule has 1 aromatic rings. The first kappa shape index (κ1) is 14.4. The van der Waals surface area contributed by atoms with Gasteiger partial charge in [-0.15, -0.1) is 0 Å². The van der Waals surface area contributed by atoms with Crippen molar-refractivity contribution >= 4 is 5.69 Å². The molecule has 1 unspecified atom stereocenters. The summed E-state index contributed by atoms with van der Waals surface area (Å²) in [5.41, 5.74) is 4.09. The van der Waals surface area contributed by atoms with Gasteiger partial charge in [0.25, 0.3) is 0 Å². The third-order valence-electron chi connectivity index (χ3n) is 3.71. The highest BCUT2D eigenvalue weighted by molar-refractivity contribution is 5.51. The van der Waals surface area contributed by atoms with Crippen molar-refractivity contribution in [3.05, 3.63) is 29.3 Å². The van der Waals surface area contributed by atoms with Crippen molar-refractivity contribution in [3.63, 3.8) is 0 Å². The first-order valence-corrected chi connectivity index (χ1v) is 7.37. The summed E-state index contributed by atoms with van der Waals surface area (Å²) >= 11 is 0. The van der Waals surface area contributed by atoms with Gasteiger partial charge in [0.1, 0.15) is 0 Å². The molecule has 2 rings (SSSR count). The number of nitrogens with zero attached hydrogens (tertiary/aromatic N) is 1. The summed E-state index contributed by atoms with van der Waals surface area (Å²) in [4.78, 5) is 2.45. The lowest BCUT2D eigenvalue weighted by molar-refractivity contribution is 0.0821. The Morgan fingerprint density at radius 1 is 1.42 bits per heavy atom. The van der Waals surface area contributed by atoms with Gasteiger partial charge in [0.05, 0.1) is 6.10 Å². The highest BCUT2D eigenvalue weighted by Gasteiger charge is 2.15. The molecule has 1 aliphatic heterocycles. The van der Waals surface area contributed by atoms with Gasteiger partial charge in [0.2, 0.25) is 0 Å². The molecule has 1 aromatic carbocycles. The largest absolute Gasteiger partial charge is 0.377 e. The third-order valence-corrected chi connectivity index (χ3v) is 3.71. The average Bonchev–Trinajstić information content (AvgIpc) is 2.62. The van der Waals surface area contributed by atoms with Gasteiger partial charge in [-0.2, -0.15) is 0 Å². The van der Waals surface area contributed by atoms with Crippen LogP contribution in [0.1, 0.15) is 31.4 Å². The van der Waals surface area contributed by atoms with Crippen LogP contribution in [0.3, 0.4) is 0 Å². The zero-order valence-corrected chi connectivity index (χ0v) is 12.4. The minimum atomic E-state index is 0.323. The lowest BCUT2D eigenvalue weighted by Crippen LogP contribution is -2.30. The summed E-state index contributed by atoms with van der Waals surface area (Å²) in [5, 5.41) is 3.39. The Morgan fingerprint density at radius 2 is 2.26 bits per heavy atom. The van der Waals surface area contributed by atoms with Crippen LogP contribution in [0.2, 0.25) is 0 Å². The van der Waals surface area contributed by atoms with Gasteiger partial charge in [-0.25, -0.2) is 0 Å². The first-order valence-electron chi connectivity index (χ1n) is 7.37. The maximum absolute atomic E-state index is 5.71. The van der Waals surface area contributed by atoms with E-state index >= 15 is 0 Å². The lowest BCUT2D eigenvalue weighted by atomic mass is 10.1. The predicted octanol–water partition coefficient (Wildman–Crippen LogP) is 2.72. The van der Waals surface area contributed by atoms with Gasteiger partial charge in [-0.3, -0.25) is 0 Å². The zero-order valence-electron chi connectivity index (χ0n) is 12.4. The molecular weight excluding hydrogens is 236 g/mol. The van der Waals surface area contributed by atoms with Crippen molar-refractivity contribution < 1.29 is 4.74 Å². The van der Waals surface area contributed by atoms with Gasteiger partial charge in [0, 0.05) is 31.9 Å². The third kappa shape index (κ3) is 3.95. The SMILES string of the molecule is CCNCc1ccc(N2CCCOC(C)C2)cc1C. The van der Waals surface area contributed by atoms with Gasteiger partial charge in [-0.05, 0) is 50.1 Å². The topological polar surface area (TPSA) is 24.5 Å². The van der Waals surface area contributed by atoms with Gasteiger partial charge in [0.15, 0.2) is 0 Å². The fourth-order valence-corrected chi connectivity index (χ4v) is 2.56. The van der Waals surface area contributed by atoms with Crippen molar-refractivity contribution in [2.24, 2.45) is 0 Å². The minimum absolute atomic E-state index is 0.323. The summed E-state index contributed by atoms with van der Waals surface area (Å²) in [7, 11) is 0. The van der Waals surface area contributed by atoms with E-state index < -0.39 is 0 Å². The molecule has 0 bridgehead atoms. The molecule has 0 radical (unpaired) electrons. The Hall–Kier alpha value is -1.06. The Kier molecular flexibility index (Phi) is 5.23. The first-order chi connectivity index (χ1) is 9.20. The van der Waals surface area contributed by atoms with Crippen molar-refractivity contribution in [3.8, 4) is 0 Å². The molecule has 0 saturated carbocycles. The van der Waals surface area contributed by atoms with Crippen LogP contribution in [-0.2, 0) is 11.3 Å². The van der Waals surface area contributed by atoms with Crippen LogP contribution in [0.15, 0.2) is 18.2 Å². The van der Waals surface area contributed by atoms with Crippen LogP contribution in [0, 0.1) is 6.92 Å². The Balaban J connectivity index is 2.09. The molecule has 0 amide bonds. The lowest BCUT2D eigenvalue weighted by Gasteiger charge is -2.25. The number of anilines is 1. The van der Waals surface area contributed by atoms with E-state index in [0.29, 0.717) is 6.10 Å². The standard InChI is InChI=1S/C16H26N2O/c1-4-17-11-15-6-7-16(10-13(15)2)18-8-5-9-19-14(3)12-18/h6-7,10,14,17H,4-5,8-9,11-12H2,1-3H3. The Labute approximate surface area is 116 Å². The average molecular weight is 262 g/mol. The van der Waals surface area contributed by atoms with Crippen molar-refractivity contribution in [1.82, 2.24) is 5.32 Å². The quantitative estimate of drug-likeness (QED) is 0.903. The summed E-state index contributed by atoms with van der Waals surface area (Å²) in [6.07, 6.45) is 1.44. The van der Waals surface area contributed by atoms with E-state index in [1.54, 1.807) is 0 Å². The second-order valence-corrected chi connectivity index (χ2v) is 5.37. The number of rotatable bonds is 4. The van der Waals surface area contributed by atoms with Gasteiger partial charge >= 0.3 is 0 Å². The molecule has 1 heterocycles. The molecule has 0 aromatic heterocycles. The summed E-state index contributed by atoms with van der Waals surface area (Å²) in [6.45, 7) is 11.4. The van der Waals surface area contributed by atoms with Gasteiger partial charge in [-0.1, -0.05) is 13.0 Å². The molecular formula is C16H26N2O. The second-order valence-electron chi connectivity index (χ2n) is 5.37. The predicted molar refractivity (Wildman–Crippen MR) is 80.8 cm³/mol. The Bertz CT molecular complexity index is 406. The van der Waals surface area contributed by atoms with Crippen molar-refractivity contribution in [2.45, 2.75) is 39.8 Å². The molecule has 1 fully saturated rings. The van der Waals surface area contributed by atoms with E-state index in [0.717, 1.165) is 39.2 Å². The molecule has 1 N–H and O–H groups in total. The molecule has 1 saturated heterocycles. The van der Waals surface area contributed by atoms with Crippen LogP contribution in [-0.4, -0.2) is 32.3 Å². The summed E-state index contributed by atoms with van der Waals surface area (Å²) in [5.74, 6) is 0. The number of aryl methyl sites for hydroxylation is 1. The molecule has 1 aliphatic rings. The maximum atomic E-state index is 5.71. The van der Waals surface area contributed by atoms with Gasteiger partial charge < -0.3 is 15.0 Å². The molecule has 19 heavy (non-hydrogen) atoms. The van der Waals surface area contributed by atoms with Crippen LogP contribution in [0.5, 0.6) is 0 Å². The highest BCUT2D eigenvalue weighted by Crippen LogP contribution is 2.21. The fourth-order valence-electron chi connectivity index (χ4n) is 2.56. The normalized spacial score (nSPS) is 20.4. The summed E-state index contributed by atoms with van der Waals surface area (Å²) in [6, 6.07) is 6.81. The Morgan fingerprint density at radius 3 is 3.00 bits per heavy atom. The van der Waals surface area contributed by atoms with E-state index in [9.17, 15) is 0 Å². The van der Waals surface area contributed by atoms with Crippen LogP contribution >= 0.6 is 0 Å². The molecule has 0 spiro atoms. The smallest absolute Gasteiger partial charge is 0.0721 e. The van der Waals surface area contributed by atoms with Crippen LogP contribution in [0.4, 0.5) is 5.69 Å². The monoisotopic (exact) mass is 262 g/mol. The second kappa shape index (κ2) is 6.92. The van der Waals surface area contributed by atoms with E-state index in [4.69, 9.17) is 4.74 Å². The summed E-state index contributed by atoms with van der Waals surface area (Å²) < 4.78 is 5.71. The maximum Gasteiger partial charge on any atom is 0.0721 e. The van der Waals surface area contributed by atoms with Crippen LogP contribution < -0.4 is 10.2 Å². The fraction of sp³-hybridized carbons (Fsp3) is 0.625. The van der Waals surface area contributed by atoms with E-state index in [2.05, 4.69) is 49.2 Å². The van der Waals surface area contributed by atoms with Crippen molar-refractivity contribution in [2.75, 3.05) is 31.1 Å². The molecule has 0 aliphatic carbocycles. The number of nitrogens with one attached hydrogen (secondary N) is 1. The van der Waals surface area contributed by atoms with Crippen LogP contribution in [0.25, 0.3) is 0 Å². The number of hydrogen-bond donors (Lipinski definition) is 1. The molecule has 1 atom stereocenters. The van der Waals surface area contributed by atoms with E-state index in [1.165, 1.54) is 16.8 Å². The van der Waals surface area contributed by atoms with Crippen molar-refractivity contribution in [1.29, 1.82) is 0 Å². The molecule has 106 valence electrons. The van der Waals surface area contributed by atoms with E-state index in [1.807, 2.05) is 0 Å². The number of hydrogen-bond acceptors (Lipinski definition) is 3. The number of ether oxygens (including phenoxy) is 1. The number of benzene rings is 1. The molecule has 3 heteroatoms. The zero-order chi connectivity index (χ0) is 13.7. The minimum Gasteiger partial charge on any atom is -0.377 e. The van der Waals surface area contributed by atoms with E-state index in [-0.39, 0.29) is 0 Å². The highest BCUT2D eigenvalue weighted by atomic mass is 16.5. The molecule has 3 nitrogen and oxygen atoms in total.